The molecule has 31 heavy (non-hydrogen) atoms. The fourth-order valence-corrected chi connectivity index (χ4v) is 4.19. The number of aryl methyl sites for hydroxylation is 1. The van der Waals surface area contributed by atoms with E-state index in [-0.39, 0.29) is 22.3 Å². The number of hydrogen-bond donors (Lipinski definition) is 1. The second-order valence-electron chi connectivity index (χ2n) is 7.59. The predicted molar refractivity (Wildman–Crippen MR) is 122 cm³/mol. The van der Waals surface area contributed by atoms with Gasteiger partial charge in [-0.2, -0.15) is 0 Å². The van der Waals surface area contributed by atoms with E-state index in [1.165, 1.54) is 5.56 Å². The van der Waals surface area contributed by atoms with Crippen molar-refractivity contribution in [2.24, 2.45) is 0 Å². The van der Waals surface area contributed by atoms with Gasteiger partial charge in [0.15, 0.2) is 0 Å². The van der Waals surface area contributed by atoms with Crippen molar-refractivity contribution in [1.29, 1.82) is 0 Å². The molecule has 3 rings (SSSR count). The van der Waals surface area contributed by atoms with Gasteiger partial charge in [-0.1, -0.05) is 54.2 Å². The van der Waals surface area contributed by atoms with Crippen LogP contribution >= 0.6 is 11.8 Å². The number of carbonyl (C=O) groups is 3. The third-order valence-electron chi connectivity index (χ3n) is 5.18. The van der Waals surface area contributed by atoms with Crippen LogP contribution in [0.3, 0.4) is 0 Å². The van der Waals surface area contributed by atoms with E-state index in [1.807, 2.05) is 42.5 Å². The molecule has 164 valence electrons. The molecule has 1 heterocycles. The Labute approximate surface area is 187 Å². The molecule has 0 saturated carbocycles. The van der Waals surface area contributed by atoms with Crippen molar-refractivity contribution < 1.29 is 19.1 Å². The van der Waals surface area contributed by atoms with Gasteiger partial charge in [0.05, 0.1) is 11.8 Å². The number of rotatable bonds is 11. The summed E-state index contributed by atoms with van der Waals surface area (Å²) in [7, 11) is 1.80. The minimum absolute atomic E-state index is 0.133. The molecule has 3 amide bonds. The highest BCUT2D eigenvalue weighted by Gasteiger charge is 2.31. The molecule has 1 N–H and O–H groups in total. The van der Waals surface area contributed by atoms with Gasteiger partial charge in [-0.3, -0.25) is 19.7 Å². The number of hydrogen-bond acceptors (Lipinski definition) is 5. The van der Waals surface area contributed by atoms with E-state index in [0.29, 0.717) is 31.7 Å². The summed E-state index contributed by atoms with van der Waals surface area (Å²) >= 11 is 1.03. The molecule has 1 unspecified atom stereocenters. The van der Waals surface area contributed by atoms with Gasteiger partial charge in [0.25, 0.3) is 5.24 Å². The van der Waals surface area contributed by atoms with Crippen molar-refractivity contribution in [2.45, 2.75) is 37.4 Å². The molecule has 1 aliphatic heterocycles. The molecule has 0 radical (unpaired) electrons. The molecule has 1 aliphatic rings. The molecule has 1 atom stereocenters. The number of imide groups is 1. The average Bonchev–Trinajstić information content (AvgIpc) is 3.09. The normalized spacial score (nSPS) is 15.6. The summed E-state index contributed by atoms with van der Waals surface area (Å²) in [6, 6.07) is 17.8. The van der Waals surface area contributed by atoms with Crippen molar-refractivity contribution in [2.75, 3.05) is 20.2 Å². The summed E-state index contributed by atoms with van der Waals surface area (Å²) in [4.78, 5) is 36.9. The second-order valence-corrected chi connectivity index (χ2v) is 8.76. The van der Waals surface area contributed by atoms with Crippen LogP contribution in [0.15, 0.2) is 54.6 Å². The standard InChI is InChI=1S/C24H28N2O4S/c1-26(22(27)10-6-5-9-18-7-3-2-4-8-18)15-16-30-20-13-11-19(12-14-20)17-21-23(28)25-24(29)31-21/h2-4,7-8,11-14,21H,5-6,9-10,15-17H2,1H3,(H,25,28,29). The summed E-state index contributed by atoms with van der Waals surface area (Å²) in [5.41, 5.74) is 2.28. The van der Waals surface area contributed by atoms with Gasteiger partial charge in [-0.15, -0.1) is 0 Å². The highest BCUT2D eigenvalue weighted by molar-refractivity contribution is 8.15. The summed E-state index contributed by atoms with van der Waals surface area (Å²) in [6.07, 6.45) is 3.93. The van der Waals surface area contributed by atoms with Gasteiger partial charge in [0.2, 0.25) is 11.8 Å². The van der Waals surface area contributed by atoms with Crippen molar-refractivity contribution in [3.63, 3.8) is 0 Å². The van der Waals surface area contributed by atoms with E-state index < -0.39 is 0 Å². The molecule has 0 bridgehead atoms. The summed E-state index contributed by atoms with van der Waals surface area (Å²) in [5, 5.41) is 1.64. The first-order chi connectivity index (χ1) is 15.0. The van der Waals surface area contributed by atoms with Gasteiger partial charge >= 0.3 is 0 Å². The average molecular weight is 441 g/mol. The Morgan fingerprint density at radius 3 is 2.45 bits per heavy atom. The number of likely N-dealkylation sites (N-methyl/N-ethyl adjacent to an activating group) is 1. The van der Waals surface area contributed by atoms with Crippen molar-refractivity contribution in [3.8, 4) is 5.75 Å². The Kier molecular flexibility index (Phi) is 8.53. The highest BCUT2D eigenvalue weighted by Crippen LogP contribution is 2.23. The van der Waals surface area contributed by atoms with Crippen LogP contribution in [0, 0.1) is 0 Å². The van der Waals surface area contributed by atoms with Crippen LogP contribution < -0.4 is 10.1 Å². The third-order valence-corrected chi connectivity index (χ3v) is 6.16. The lowest BCUT2D eigenvalue weighted by molar-refractivity contribution is -0.130. The number of nitrogens with one attached hydrogen (secondary N) is 1. The van der Waals surface area contributed by atoms with Crippen LogP contribution in [0.1, 0.15) is 30.4 Å². The van der Waals surface area contributed by atoms with Gasteiger partial charge in [0, 0.05) is 13.5 Å². The lowest BCUT2D eigenvalue weighted by Crippen LogP contribution is -2.30. The first-order valence-corrected chi connectivity index (χ1v) is 11.4. The molecular weight excluding hydrogens is 412 g/mol. The number of carbonyl (C=O) groups excluding carboxylic acids is 3. The summed E-state index contributed by atoms with van der Waals surface area (Å²) < 4.78 is 5.74. The molecule has 0 spiro atoms. The van der Waals surface area contributed by atoms with Crippen LogP contribution in [-0.2, 0) is 22.4 Å². The molecule has 0 aromatic heterocycles. The number of thioether (sulfide) groups is 1. The number of amides is 3. The second kappa shape index (κ2) is 11.6. The highest BCUT2D eigenvalue weighted by atomic mass is 32.2. The number of nitrogens with zero attached hydrogens (tertiary/aromatic N) is 1. The smallest absolute Gasteiger partial charge is 0.286 e. The monoisotopic (exact) mass is 440 g/mol. The molecule has 6 nitrogen and oxygen atoms in total. The van der Waals surface area contributed by atoms with Gasteiger partial charge in [-0.25, -0.2) is 0 Å². The molecular formula is C24H28N2O4S. The van der Waals surface area contributed by atoms with Crippen LogP contribution in [0.4, 0.5) is 4.79 Å². The van der Waals surface area contributed by atoms with Gasteiger partial charge < -0.3 is 9.64 Å². The van der Waals surface area contributed by atoms with Crippen molar-refractivity contribution in [3.05, 3.63) is 65.7 Å². The largest absolute Gasteiger partial charge is 0.492 e. The topological polar surface area (TPSA) is 75.7 Å². The van der Waals surface area contributed by atoms with Crippen LogP contribution in [-0.4, -0.2) is 47.4 Å². The molecule has 0 aliphatic carbocycles. The van der Waals surface area contributed by atoms with E-state index in [0.717, 1.165) is 36.6 Å². The number of unbranched alkanes of at least 4 members (excludes halogenated alkanes) is 1. The third kappa shape index (κ3) is 7.43. The van der Waals surface area contributed by atoms with Crippen LogP contribution in [0.5, 0.6) is 5.75 Å². The van der Waals surface area contributed by atoms with E-state index in [2.05, 4.69) is 17.4 Å². The van der Waals surface area contributed by atoms with Crippen molar-refractivity contribution in [1.82, 2.24) is 10.2 Å². The Hall–Kier alpha value is -2.80. The zero-order valence-corrected chi connectivity index (χ0v) is 18.5. The first-order valence-electron chi connectivity index (χ1n) is 10.5. The number of benzene rings is 2. The molecule has 7 heteroatoms. The Bertz CT molecular complexity index is 886. The zero-order valence-electron chi connectivity index (χ0n) is 17.7. The maximum atomic E-state index is 12.3. The Morgan fingerprint density at radius 1 is 1.03 bits per heavy atom. The van der Waals surface area contributed by atoms with Crippen molar-refractivity contribution >= 4 is 28.8 Å². The molecule has 1 fully saturated rings. The van der Waals surface area contributed by atoms with Crippen LogP contribution in [0.2, 0.25) is 0 Å². The van der Waals surface area contributed by atoms with Gasteiger partial charge in [0.1, 0.15) is 12.4 Å². The SMILES string of the molecule is CN(CCOc1ccc(CC2SC(=O)NC2=O)cc1)C(=O)CCCCc1ccccc1. The Balaban J connectivity index is 1.31. The van der Waals surface area contributed by atoms with E-state index in [9.17, 15) is 14.4 Å². The minimum Gasteiger partial charge on any atom is -0.492 e. The zero-order chi connectivity index (χ0) is 22.1. The van der Waals surface area contributed by atoms with E-state index in [4.69, 9.17) is 4.74 Å². The van der Waals surface area contributed by atoms with Gasteiger partial charge in [-0.05, 0) is 48.9 Å². The Morgan fingerprint density at radius 2 is 1.77 bits per heavy atom. The summed E-state index contributed by atoms with van der Waals surface area (Å²) in [5.74, 6) is 0.615. The van der Waals surface area contributed by atoms with E-state index >= 15 is 0 Å². The molecule has 2 aromatic carbocycles. The van der Waals surface area contributed by atoms with E-state index in [1.54, 1.807) is 11.9 Å². The fourth-order valence-electron chi connectivity index (χ4n) is 3.33. The lowest BCUT2D eigenvalue weighted by Gasteiger charge is -2.17. The number of ether oxygens (including phenoxy) is 1. The fraction of sp³-hybridized carbons (Fsp3) is 0.375. The minimum atomic E-state index is -0.369. The van der Waals surface area contributed by atoms with Crippen LogP contribution in [0.25, 0.3) is 0 Å². The predicted octanol–water partition coefficient (Wildman–Crippen LogP) is 3.83. The first kappa shape index (κ1) is 22.9. The molecule has 1 saturated heterocycles. The maximum absolute atomic E-state index is 12.3. The lowest BCUT2D eigenvalue weighted by atomic mass is 10.1. The molecule has 2 aromatic rings. The maximum Gasteiger partial charge on any atom is 0.286 e. The summed E-state index contributed by atoms with van der Waals surface area (Å²) in [6.45, 7) is 0.946. The quantitative estimate of drug-likeness (QED) is 0.538.